The van der Waals surface area contributed by atoms with Crippen LogP contribution in [0.3, 0.4) is 0 Å². The summed E-state index contributed by atoms with van der Waals surface area (Å²) in [7, 11) is 0. The molecule has 0 aliphatic heterocycles. The number of H-pyrrole nitrogens is 1. The molecule has 1 aromatic heterocycles. The van der Waals surface area contributed by atoms with Crippen LogP contribution in [0.1, 0.15) is 17.0 Å². The third kappa shape index (κ3) is 5.08. The molecule has 0 fully saturated rings. The van der Waals surface area contributed by atoms with Crippen molar-refractivity contribution in [2.24, 2.45) is 0 Å². The zero-order chi connectivity index (χ0) is 17.6. The summed E-state index contributed by atoms with van der Waals surface area (Å²) in [6.07, 6.45) is 0.685. The fourth-order valence-electron chi connectivity index (χ4n) is 2.29. The second-order valence-electron chi connectivity index (χ2n) is 5.52. The Morgan fingerprint density at radius 3 is 2.80 bits per heavy atom. The van der Waals surface area contributed by atoms with Crippen LogP contribution >= 0.6 is 23.4 Å². The lowest BCUT2D eigenvalue weighted by atomic mass is 10.1. The van der Waals surface area contributed by atoms with Gasteiger partial charge in [-0.25, -0.2) is 4.98 Å². The zero-order valence-electron chi connectivity index (χ0n) is 13.6. The standard InChI is InChI=1S/C18H17ClN4OS/c1-12-9-14(19)7-8-15(12)20-17(24)11-25-18-21-16(22-23-18)10-13-5-3-2-4-6-13/h2-9H,10-11H2,1H3,(H,20,24)(H,21,22,23). The summed E-state index contributed by atoms with van der Waals surface area (Å²) in [5.41, 5.74) is 2.84. The SMILES string of the molecule is Cc1cc(Cl)ccc1NC(=O)CSc1n[nH]c(Cc2ccccc2)n1. The topological polar surface area (TPSA) is 70.7 Å². The number of aromatic amines is 1. The van der Waals surface area contributed by atoms with Crippen molar-refractivity contribution in [3.05, 3.63) is 70.5 Å². The lowest BCUT2D eigenvalue weighted by Crippen LogP contribution is -2.14. The summed E-state index contributed by atoms with van der Waals surface area (Å²) >= 11 is 7.21. The van der Waals surface area contributed by atoms with Crippen molar-refractivity contribution in [3.8, 4) is 0 Å². The Hall–Kier alpha value is -2.31. The van der Waals surface area contributed by atoms with Gasteiger partial charge in [0, 0.05) is 17.1 Å². The Kier molecular flexibility index (Phi) is 5.73. The average Bonchev–Trinajstić information content (AvgIpc) is 3.04. The predicted molar refractivity (Wildman–Crippen MR) is 101 cm³/mol. The zero-order valence-corrected chi connectivity index (χ0v) is 15.2. The molecule has 0 radical (unpaired) electrons. The van der Waals surface area contributed by atoms with E-state index in [1.807, 2.05) is 43.3 Å². The van der Waals surface area contributed by atoms with E-state index in [4.69, 9.17) is 11.6 Å². The van der Waals surface area contributed by atoms with Crippen molar-refractivity contribution >= 4 is 35.0 Å². The molecule has 0 bridgehead atoms. The Balaban J connectivity index is 1.52. The maximum Gasteiger partial charge on any atom is 0.234 e. The van der Waals surface area contributed by atoms with Crippen molar-refractivity contribution in [2.75, 3.05) is 11.1 Å². The van der Waals surface area contributed by atoms with Crippen LogP contribution in [-0.4, -0.2) is 26.8 Å². The van der Waals surface area contributed by atoms with Gasteiger partial charge in [-0.15, -0.1) is 5.10 Å². The molecule has 0 aliphatic rings. The van der Waals surface area contributed by atoms with Gasteiger partial charge in [0.15, 0.2) is 0 Å². The van der Waals surface area contributed by atoms with Crippen molar-refractivity contribution in [1.82, 2.24) is 15.2 Å². The molecule has 3 aromatic rings. The summed E-state index contributed by atoms with van der Waals surface area (Å²) in [6.45, 7) is 1.90. The number of hydrogen-bond acceptors (Lipinski definition) is 4. The maximum absolute atomic E-state index is 12.1. The number of benzene rings is 2. The number of thioether (sulfide) groups is 1. The first-order chi connectivity index (χ1) is 12.1. The number of aryl methyl sites for hydroxylation is 1. The third-order valence-corrected chi connectivity index (χ3v) is 4.60. The number of rotatable bonds is 6. The molecule has 2 N–H and O–H groups in total. The van der Waals surface area contributed by atoms with Crippen molar-refractivity contribution in [3.63, 3.8) is 0 Å². The maximum atomic E-state index is 12.1. The van der Waals surface area contributed by atoms with Crippen LogP contribution in [0, 0.1) is 6.92 Å². The van der Waals surface area contributed by atoms with Crippen LogP contribution < -0.4 is 5.32 Å². The van der Waals surface area contributed by atoms with Crippen molar-refractivity contribution in [1.29, 1.82) is 0 Å². The minimum Gasteiger partial charge on any atom is -0.325 e. The molecular formula is C18H17ClN4OS. The van der Waals surface area contributed by atoms with E-state index in [9.17, 15) is 4.79 Å². The summed E-state index contributed by atoms with van der Waals surface area (Å²) in [6, 6.07) is 15.4. The highest BCUT2D eigenvalue weighted by molar-refractivity contribution is 7.99. The smallest absolute Gasteiger partial charge is 0.234 e. The van der Waals surface area contributed by atoms with Crippen LogP contribution in [0.15, 0.2) is 53.7 Å². The fraction of sp³-hybridized carbons (Fsp3) is 0.167. The minimum atomic E-state index is -0.107. The Bertz CT molecular complexity index is 867. The van der Waals surface area contributed by atoms with Gasteiger partial charge >= 0.3 is 0 Å². The summed E-state index contributed by atoms with van der Waals surface area (Å²) in [4.78, 5) is 16.5. The molecule has 2 aromatic carbocycles. The van der Waals surface area contributed by atoms with Crippen LogP contribution in [-0.2, 0) is 11.2 Å². The number of carbonyl (C=O) groups is 1. The van der Waals surface area contributed by atoms with Gasteiger partial charge in [-0.3, -0.25) is 9.89 Å². The summed E-state index contributed by atoms with van der Waals surface area (Å²) in [5.74, 6) is 0.914. The van der Waals surface area contributed by atoms with E-state index in [1.54, 1.807) is 12.1 Å². The first-order valence-corrected chi connectivity index (χ1v) is 9.10. The Morgan fingerprint density at radius 1 is 1.24 bits per heavy atom. The highest BCUT2D eigenvalue weighted by Crippen LogP contribution is 2.20. The van der Waals surface area contributed by atoms with E-state index in [-0.39, 0.29) is 11.7 Å². The number of aromatic nitrogens is 3. The molecule has 0 saturated carbocycles. The lowest BCUT2D eigenvalue weighted by molar-refractivity contribution is -0.113. The molecule has 5 nitrogen and oxygen atoms in total. The second kappa shape index (κ2) is 8.18. The predicted octanol–water partition coefficient (Wildman–Crippen LogP) is 4.09. The van der Waals surface area contributed by atoms with E-state index < -0.39 is 0 Å². The molecular weight excluding hydrogens is 356 g/mol. The fourth-order valence-corrected chi connectivity index (χ4v) is 3.14. The highest BCUT2D eigenvalue weighted by Gasteiger charge is 2.09. The van der Waals surface area contributed by atoms with Gasteiger partial charge in [-0.1, -0.05) is 53.7 Å². The van der Waals surface area contributed by atoms with Crippen LogP contribution in [0.5, 0.6) is 0 Å². The van der Waals surface area contributed by atoms with E-state index in [1.165, 1.54) is 11.8 Å². The molecule has 0 unspecified atom stereocenters. The van der Waals surface area contributed by atoms with Crippen LogP contribution in [0.2, 0.25) is 5.02 Å². The largest absolute Gasteiger partial charge is 0.325 e. The Labute approximate surface area is 155 Å². The van der Waals surface area contributed by atoms with Gasteiger partial charge in [0.1, 0.15) is 5.82 Å². The molecule has 7 heteroatoms. The number of anilines is 1. The molecule has 0 spiro atoms. The van der Waals surface area contributed by atoms with Gasteiger partial charge in [-0.05, 0) is 36.2 Å². The normalized spacial score (nSPS) is 10.6. The quantitative estimate of drug-likeness (QED) is 0.639. The molecule has 1 heterocycles. The van der Waals surface area contributed by atoms with Crippen LogP contribution in [0.4, 0.5) is 5.69 Å². The molecule has 0 atom stereocenters. The van der Waals surface area contributed by atoms with Gasteiger partial charge in [-0.2, -0.15) is 0 Å². The first-order valence-electron chi connectivity index (χ1n) is 7.74. The number of halogens is 1. The second-order valence-corrected chi connectivity index (χ2v) is 6.90. The molecule has 25 heavy (non-hydrogen) atoms. The first kappa shape index (κ1) is 17.5. The number of hydrogen-bond donors (Lipinski definition) is 2. The van der Waals surface area contributed by atoms with Crippen LogP contribution in [0.25, 0.3) is 0 Å². The lowest BCUT2D eigenvalue weighted by Gasteiger charge is -2.07. The Morgan fingerprint density at radius 2 is 2.04 bits per heavy atom. The van der Waals surface area contributed by atoms with Gasteiger partial charge in [0.25, 0.3) is 0 Å². The average molecular weight is 373 g/mol. The van der Waals surface area contributed by atoms with Crippen molar-refractivity contribution in [2.45, 2.75) is 18.5 Å². The minimum absolute atomic E-state index is 0.107. The van der Waals surface area contributed by atoms with Gasteiger partial charge in [0.2, 0.25) is 11.1 Å². The third-order valence-electron chi connectivity index (χ3n) is 3.52. The number of amides is 1. The van der Waals surface area contributed by atoms with Gasteiger partial charge < -0.3 is 5.32 Å². The van der Waals surface area contributed by atoms with Gasteiger partial charge in [0.05, 0.1) is 5.75 Å². The number of carbonyl (C=O) groups excluding carboxylic acids is 1. The van der Waals surface area contributed by atoms with E-state index in [0.717, 1.165) is 22.6 Å². The molecule has 0 aliphatic carbocycles. The van der Waals surface area contributed by atoms with E-state index in [2.05, 4.69) is 20.5 Å². The van der Waals surface area contributed by atoms with E-state index >= 15 is 0 Å². The number of nitrogens with one attached hydrogen (secondary N) is 2. The molecule has 0 saturated heterocycles. The number of nitrogens with zero attached hydrogens (tertiary/aromatic N) is 2. The van der Waals surface area contributed by atoms with E-state index in [0.29, 0.717) is 16.6 Å². The van der Waals surface area contributed by atoms with Crippen molar-refractivity contribution < 1.29 is 4.79 Å². The summed E-state index contributed by atoms with van der Waals surface area (Å²) in [5, 5.41) is 11.1. The molecule has 128 valence electrons. The summed E-state index contributed by atoms with van der Waals surface area (Å²) < 4.78 is 0. The highest BCUT2D eigenvalue weighted by atomic mass is 35.5. The molecule has 1 amide bonds. The monoisotopic (exact) mass is 372 g/mol. The molecule has 3 rings (SSSR count).